The van der Waals surface area contributed by atoms with E-state index in [4.69, 9.17) is 5.73 Å². The molecule has 1 heterocycles. The van der Waals surface area contributed by atoms with Gasteiger partial charge in [-0.2, -0.15) is 0 Å². The standard InChI is InChI=1S/C26H34N4O3/c1-2-21(27)24(31)29-22-15-9-10-16-30(26(22)33)23(17-19-11-5-3-6-12-19)25(32)28-18-20-13-7-4-8-14-20/h3-8,11-14,21-23H,2,9-10,15-18,27H2,1H3,(H,28,32)(H,29,31). The van der Waals surface area contributed by atoms with Crippen LogP contribution in [0, 0.1) is 0 Å². The van der Waals surface area contributed by atoms with Gasteiger partial charge in [-0.25, -0.2) is 0 Å². The highest BCUT2D eigenvalue weighted by Crippen LogP contribution is 2.19. The lowest BCUT2D eigenvalue weighted by molar-refractivity contribution is -0.143. The van der Waals surface area contributed by atoms with E-state index in [2.05, 4.69) is 10.6 Å². The molecule has 0 aliphatic carbocycles. The smallest absolute Gasteiger partial charge is 0.245 e. The molecule has 0 radical (unpaired) electrons. The molecule has 176 valence electrons. The molecule has 0 bridgehead atoms. The van der Waals surface area contributed by atoms with Crippen LogP contribution in [0.3, 0.4) is 0 Å². The second-order valence-corrected chi connectivity index (χ2v) is 8.51. The summed E-state index contributed by atoms with van der Waals surface area (Å²) in [6, 6.07) is 17.4. The van der Waals surface area contributed by atoms with E-state index >= 15 is 0 Å². The fourth-order valence-electron chi connectivity index (χ4n) is 4.06. The van der Waals surface area contributed by atoms with Gasteiger partial charge in [0.1, 0.15) is 12.1 Å². The van der Waals surface area contributed by atoms with Gasteiger partial charge in [0.25, 0.3) is 0 Å². The number of nitrogens with one attached hydrogen (secondary N) is 2. The zero-order valence-electron chi connectivity index (χ0n) is 19.2. The number of nitrogens with two attached hydrogens (primary N) is 1. The van der Waals surface area contributed by atoms with Crippen molar-refractivity contribution in [2.75, 3.05) is 6.54 Å². The van der Waals surface area contributed by atoms with Crippen molar-refractivity contribution in [2.24, 2.45) is 5.73 Å². The summed E-state index contributed by atoms with van der Waals surface area (Å²) in [7, 11) is 0. The third kappa shape index (κ3) is 6.89. The molecular weight excluding hydrogens is 416 g/mol. The molecule has 1 aliphatic heterocycles. The fraction of sp³-hybridized carbons (Fsp3) is 0.423. The molecule has 7 nitrogen and oxygen atoms in total. The Balaban J connectivity index is 1.80. The van der Waals surface area contributed by atoms with Gasteiger partial charge >= 0.3 is 0 Å². The zero-order valence-corrected chi connectivity index (χ0v) is 19.2. The topological polar surface area (TPSA) is 105 Å². The average Bonchev–Trinajstić information content (AvgIpc) is 3.03. The highest BCUT2D eigenvalue weighted by molar-refractivity contribution is 5.93. The third-order valence-electron chi connectivity index (χ3n) is 6.08. The van der Waals surface area contributed by atoms with E-state index in [0.717, 1.165) is 24.0 Å². The van der Waals surface area contributed by atoms with Gasteiger partial charge in [-0.3, -0.25) is 14.4 Å². The minimum absolute atomic E-state index is 0.201. The Labute approximate surface area is 195 Å². The molecule has 1 fully saturated rings. The van der Waals surface area contributed by atoms with Crippen LogP contribution in [0.15, 0.2) is 60.7 Å². The van der Waals surface area contributed by atoms with Gasteiger partial charge < -0.3 is 21.3 Å². The van der Waals surface area contributed by atoms with Crippen LogP contribution in [0.1, 0.15) is 43.7 Å². The summed E-state index contributed by atoms with van der Waals surface area (Å²) in [6.45, 7) is 2.69. The Bertz CT molecular complexity index is 920. The number of amides is 3. The third-order valence-corrected chi connectivity index (χ3v) is 6.08. The van der Waals surface area contributed by atoms with Crippen molar-refractivity contribution >= 4 is 17.7 Å². The highest BCUT2D eigenvalue weighted by Gasteiger charge is 2.36. The minimum Gasteiger partial charge on any atom is -0.350 e. The van der Waals surface area contributed by atoms with E-state index in [0.29, 0.717) is 32.4 Å². The SMILES string of the molecule is CCC(N)C(=O)NC1CCCCN(C(Cc2ccccc2)C(=O)NCc2ccccc2)C1=O. The van der Waals surface area contributed by atoms with Crippen molar-refractivity contribution in [2.45, 2.75) is 63.7 Å². The van der Waals surface area contributed by atoms with Crippen molar-refractivity contribution in [1.29, 1.82) is 0 Å². The Morgan fingerprint density at radius 1 is 1.00 bits per heavy atom. The van der Waals surface area contributed by atoms with Crippen LogP contribution in [-0.2, 0) is 27.3 Å². The molecule has 3 rings (SSSR count). The maximum absolute atomic E-state index is 13.5. The summed E-state index contributed by atoms with van der Waals surface area (Å²) in [4.78, 5) is 40.9. The van der Waals surface area contributed by atoms with Crippen LogP contribution in [0.4, 0.5) is 0 Å². The lowest BCUT2D eigenvalue weighted by Crippen LogP contribution is -2.57. The number of rotatable bonds is 9. The van der Waals surface area contributed by atoms with Crippen LogP contribution in [0.25, 0.3) is 0 Å². The van der Waals surface area contributed by atoms with Crippen molar-refractivity contribution in [3.05, 3.63) is 71.8 Å². The number of carbonyl (C=O) groups is 3. The molecular formula is C26H34N4O3. The number of carbonyl (C=O) groups excluding carboxylic acids is 3. The monoisotopic (exact) mass is 450 g/mol. The molecule has 0 spiro atoms. The Hall–Kier alpha value is -3.19. The lowest BCUT2D eigenvalue weighted by atomic mass is 10.0. The van der Waals surface area contributed by atoms with E-state index in [1.54, 1.807) is 4.90 Å². The first-order valence-corrected chi connectivity index (χ1v) is 11.7. The molecule has 7 heteroatoms. The van der Waals surface area contributed by atoms with Crippen molar-refractivity contribution in [1.82, 2.24) is 15.5 Å². The van der Waals surface area contributed by atoms with Crippen LogP contribution in [-0.4, -0.2) is 47.3 Å². The molecule has 3 amide bonds. The van der Waals surface area contributed by atoms with Gasteiger partial charge in [-0.1, -0.05) is 67.6 Å². The van der Waals surface area contributed by atoms with Crippen LogP contribution in [0.2, 0.25) is 0 Å². The van der Waals surface area contributed by atoms with Crippen LogP contribution < -0.4 is 16.4 Å². The number of benzene rings is 2. The van der Waals surface area contributed by atoms with Gasteiger partial charge in [0, 0.05) is 19.5 Å². The van der Waals surface area contributed by atoms with Crippen molar-refractivity contribution in [3.63, 3.8) is 0 Å². The average molecular weight is 451 g/mol. The number of hydrogen-bond acceptors (Lipinski definition) is 4. The van der Waals surface area contributed by atoms with Gasteiger partial charge in [-0.15, -0.1) is 0 Å². The molecule has 0 aromatic heterocycles. The zero-order chi connectivity index (χ0) is 23.6. The van der Waals surface area contributed by atoms with E-state index in [1.807, 2.05) is 67.6 Å². The quantitative estimate of drug-likeness (QED) is 0.544. The molecule has 33 heavy (non-hydrogen) atoms. The van der Waals surface area contributed by atoms with Gasteiger partial charge in [0.05, 0.1) is 6.04 Å². The Kier molecular flexibility index (Phi) is 9.01. The van der Waals surface area contributed by atoms with E-state index in [-0.39, 0.29) is 17.7 Å². The molecule has 2 aromatic rings. The first-order chi connectivity index (χ1) is 16.0. The van der Waals surface area contributed by atoms with E-state index < -0.39 is 18.1 Å². The molecule has 4 N–H and O–H groups in total. The second-order valence-electron chi connectivity index (χ2n) is 8.51. The van der Waals surface area contributed by atoms with Crippen LogP contribution in [0.5, 0.6) is 0 Å². The summed E-state index contributed by atoms with van der Waals surface area (Å²) in [5.74, 6) is -0.751. The molecule has 1 aliphatic rings. The summed E-state index contributed by atoms with van der Waals surface area (Å²) in [5, 5.41) is 5.82. The number of likely N-dealkylation sites (tertiary alicyclic amines) is 1. The summed E-state index contributed by atoms with van der Waals surface area (Å²) in [6.07, 6.45) is 3.01. The van der Waals surface area contributed by atoms with E-state index in [1.165, 1.54) is 0 Å². The largest absolute Gasteiger partial charge is 0.350 e. The van der Waals surface area contributed by atoms with Gasteiger partial charge in [0.2, 0.25) is 17.7 Å². The van der Waals surface area contributed by atoms with Crippen molar-refractivity contribution < 1.29 is 14.4 Å². The number of nitrogens with zero attached hydrogens (tertiary/aromatic N) is 1. The maximum atomic E-state index is 13.5. The molecule has 1 saturated heterocycles. The predicted octanol–water partition coefficient (Wildman–Crippen LogP) is 2.15. The van der Waals surface area contributed by atoms with Gasteiger partial charge in [0.15, 0.2) is 0 Å². The minimum atomic E-state index is -0.669. The second kappa shape index (κ2) is 12.2. The summed E-state index contributed by atoms with van der Waals surface area (Å²) in [5.41, 5.74) is 7.82. The Morgan fingerprint density at radius 2 is 1.64 bits per heavy atom. The predicted molar refractivity (Wildman–Crippen MR) is 128 cm³/mol. The normalized spacial score (nSPS) is 18.2. The van der Waals surface area contributed by atoms with Gasteiger partial charge in [-0.05, 0) is 36.8 Å². The van der Waals surface area contributed by atoms with Crippen LogP contribution >= 0.6 is 0 Å². The molecule has 0 saturated carbocycles. The van der Waals surface area contributed by atoms with E-state index in [9.17, 15) is 14.4 Å². The highest BCUT2D eigenvalue weighted by atomic mass is 16.2. The molecule has 2 aromatic carbocycles. The molecule has 3 unspecified atom stereocenters. The molecule has 3 atom stereocenters. The maximum Gasteiger partial charge on any atom is 0.245 e. The fourth-order valence-corrected chi connectivity index (χ4v) is 4.06. The first-order valence-electron chi connectivity index (χ1n) is 11.7. The van der Waals surface area contributed by atoms with Crippen molar-refractivity contribution in [3.8, 4) is 0 Å². The Morgan fingerprint density at radius 3 is 2.27 bits per heavy atom. The summed E-state index contributed by atoms with van der Waals surface area (Å²) < 4.78 is 0. The first kappa shape index (κ1) is 24.5. The lowest BCUT2D eigenvalue weighted by Gasteiger charge is -2.32. The number of hydrogen-bond donors (Lipinski definition) is 3. The summed E-state index contributed by atoms with van der Waals surface area (Å²) >= 11 is 0.